The molecule has 1 unspecified atom stereocenters. The lowest BCUT2D eigenvalue weighted by atomic mass is 10.0. The summed E-state index contributed by atoms with van der Waals surface area (Å²) in [6, 6.07) is 0. The summed E-state index contributed by atoms with van der Waals surface area (Å²) in [6.07, 6.45) is 3.64. The quantitative estimate of drug-likeness (QED) is 0.634. The molecule has 7 heteroatoms. The molecule has 1 aromatic heterocycles. The number of piperidine rings is 1. The van der Waals surface area contributed by atoms with Crippen LogP contribution in [0, 0.1) is 16.0 Å². The van der Waals surface area contributed by atoms with Gasteiger partial charge in [-0.1, -0.05) is 13.3 Å². The number of hydrogen-bond acceptors (Lipinski definition) is 5. The highest BCUT2D eigenvalue weighted by atomic mass is 16.6. The Kier molecular flexibility index (Phi) is 4.94. The largest absolute Gasteiger partial charge is 0.473 e. The minimum Gasteiger partial charge on any atom is -0.473 e. The van der Waals surface area contributed by atoms with Crippen molar-refractivity contribution in [1.82, 2.24) is 15.1 Å². The standard InChI is InChI=1S/C13H22N4O3/c1-3-5-11-12(17(18)19)13(16(2)15-11)20-9-10-6-4-7-14-8-10/h10,14H,3-9H2,1-2H3. The molecule has 1 aliphatic heterocycles. The molecule has 0 radical (unpaired) electrons. The molecule has 0 saturated carbocycles. The van der Waals surface area contributed by atoms with Crippen molar-refractivity contribution in [2.24, 2.45) is 13.0 Å². The lowest BCUT2D eigenvalue weighted by Crippen LogP contribution is -2.33. The van der Waals surface area contributed by atoms with Gasteiger partial charge in [-0.2, -0.15) is 5.10 Å². The van der Waals surface area contributed by atoms with Gasteiger partial charge in [0, 0.05) is 19.5 Å². The Bertz CT molecular complexity index is 466. The summed E-state index contributed by atoms with van der Waals surface area (Å²) < 4.78 is 7.20. The van der Waals surface area contributed by atoms with E-state index in [9.17, 15) is 10.1 Å². The molecule has 7 nitrogen and oxygen atoms in total. The summed E-state index contributed by atoms with van der Waals surface area (Å²) >= 11 is 0. The summed E-state index contributed by atoms with van der Waals surface area (Å²) in [7, 11) is 1.70. The Morgan fingerprint density at radius 1 is 1.60 bits per heavy atom. The van der Waals surface area contributed by atoms with Gasteiger partial charge in [-0.05, 0) is 25.8 Å². The summed E-state index contributed by atoms with van der Waals surface area (Å²) in [4.78, 5) is 10.9. The third-order valence-electron chi connectivity index (χ3n) is 3.56. The van der Waals surface area contributed by atoms with Crippen LogP contribution in [0.2, 0.25) is 0 Å². The van der Waals surface area contributed by atoms with E-state index in [2.05, 4.69) is 10.4 Å². The molecule has 2 rings (SSSR count). The van der Waals surface area contributed by atoms with E-state index in [-0.39, 0.29) is 16.5 Å². The normalized spacial score (nSPS) is 19.0. The number of aryl methyl sites for hydroxylation is 2. The minimum atomic E-state index is -0.382. The van der Waals surface area contributed by atoms with Crippen LogP contribution in [0.15, 0.2) is 0 Å². The molecule has 1 saturated heterocycles. The first-order valence-electron chi connectivity index (χ1n) is 7.17. The molecule has 2 heterocycles. The topological polar surface area (TPSA) is 82.2 Å². The number of nitro groups is 1. The fourth-order valence-corrected chi connectivity index (χ4v) is 2.56. The maximum absolute atomic E-state index is 11.2. The smallest absolute Gasteiger partial charge is 0.353 e. The third-order valence-corrected chi connectivity index (χ3v) is 3.56. The first kappa shape index (κ1) is 14.8. The Balaban J connectivity index is 2.11. The monoisotopic (exact) mass is 282 g/mol. The molecule has 1 aliphatic rings. The minimum absolute atomic E-state index is 0.0260. The molecule has 0 aliphatic carbocycles. The Hall–Kier alpha value is -1.63. The molecule has 112 valence electrons. The molecular weight excluding hydrogens is 260 g/mol. The van der Waals surface area contributed by atoms with Gasteiger partial charge in [0.1, 0.15) is 5.69 Å². The average molecular weight is 282 g/mol. The second-order valence-corrected chi connectivity index (χ2v) is 5.25. The van der Waals surface area contributed by atoms with Crippen LogP contribution in [-0.4, -0.2) is 34.4 Å². The number of rotatable bonds is 6. The number of nitrogens with zero attached hydrogens (tertiary/aromatic N) is 3. The fourth-order valence-electron chi connectivity index (χ4n) is 2.56. The zero-order chi connectivity index (χ0) is 14.5. The predicted molar refractivity (Wildman–Crippen MR) is 74.9 cm³/mol. The highest BCUT2D eigenvalue weighted by molar-refractivity contribution is 5.46. The summed E-state index contributed by atoms with van der Waals surface area (Å²) in [6.45, 7) is 4.43. The lowest BCUT2D eigenvalue weighted by Gasteiger charge is -2.22. The van der Waals surface area contributed by atoms with Gasteiger partial charge in [0.05, 0.1) is 11.5 Å². The van der Waals surface area contributed by atoms with Crippen LogP contribution >= 0.6 is 0 Å². The SMILES string of the molecule is CCCc1nn(C)c(OCC2CCCNC2)c1[N+](=O)[O-]. The Morgan fingerprint density at radius 3 is 3.00 bits per heavy atom. The average Bonchev–Trinajstić information content (AvgIpc) is 2.74. The second-order valence-electron chi connectivity index (χ2n) is 5.25. The summed E-state index contributed by atoms with van der Waals surface area (Å²) in [5, 5.41) is 18.8. The molecule has 0 bridgehead atoms. The molecular formula is C13H22N4O3. The maximum Gasteiger partial charge on any atom is 0.353 e. The van der Waals surface area contributed by atoms with E-state index in [1.807, 2.05) is 6.92 Å². The number of hydrogen-bond donors (Lipinski definition) is 1. The molecule has 1 atom stereocenters. The van der Waals surface area contributed by atoms with E-state index < -0.39 is 0 Å². The third kappa shape index (κ3) is 3.27. The molecule has 20 heavy (non-hydrogen) atoms. The van der Waals surface area contributed by atoms with Gasteiger partial charge < -0.3 is 10.1 Å². The molecule has 0 spiro atoms. The van der Waals surface area contributed by atoms with Crippen LogP contribution in [0.5, 0.6) is 5.88 Å². The molecule has 1 fully saturated rings. The Morgan fingerprint density at radius 2 is 2.40 bits per heavy atom. The first-order valence-corrected chi connectivity index (χ1v) is 7.17. The molecule has 0 aromatic carbocycles. The van der Waals surface area contributed by atoms with Crippen molar-refractivity contribution in [2.75, 3.05) is 19.7 Å². The van der Waals surface area contributed by atoms with Gasteiger partial charge >= 0.3 is 5.69 Å². The van der Waals surface area contributed by atoms with Crippen LogP contribution in [0.25, 0.3) is 0 Å². The van der Waals surface area contributed by atoms with Crippen molar-refractivity contribution < 1.29 is 9.66 Å². The second kappa shape index (κ2) is 6.69. The first-order chi connectivity index (χ1) is 9.63. The van der Waals surface area contributed by atoms with Crippen molar-refractivity contribution in [3.8, 4) is 5.88 Å². The highest BCUT2D eigenvalue weighted by Crippen LogP contribution is 2.31. The Labute approximate surface area is 118 Å². The fraction of sp³-hybridized carbons (Fsp3) is 0.769. The van der Waals surface area contributed by atoms with Crippen LogP contribution in [0.4, 0.5) is 5.69 Å². The zero-order valence-electron chi connectivity index (χ0n) is 12.1. The van der Waals surface area contributed by atoms with E-state index in [1.54, 1.807) is 7.05 Å². The van der Waals surface area contributed by atoms with E-state index >= 15 is 0 Å². The van der Waals surface area contributed by atoms with E-state index in [0.717, 1.165) is 32.4 Å². The van der Waals surface area contributed by atoms with Crippen molar-refractivity contribution in [3.05, 3.63) is 15.8 Å². The summed E-state index contributed by atoms with van der Waals surface area (Å²) in [5.41, 5.74) is 0.537. The number of nitrogens with one attached hydrogen (secondary N) is 1. The van der Waals surface area contributed by atoms with Crippen molar-refractivity contribution >= 4 is 5.69 Å². The van der Waals surface area contributed by atoms with Gasteiger partial charge in [-0.25, -0.2) is 4.68 Å². The highest BCUT2D eigenvalue weighted by Gasteiger charge is 2.28. The van der Waals surface area contributed by atoms with Gasteiger partial charge in [-0.3, -0.25) is 10.1 Å². The predicted octanol–water partition coefficient (Wildman–Crippen LogP) is 1.66. The van der Waals surface area contributed by atoms with Gasteiger partial charge in [0.25, 0.3) is 5.88 Å². The summed E-state index contributed by atoms with van der Waals surface area (Å²) in [5.74, 6) is 0.692. The van der Waals surface area contributed by atoms with Gasteiger partial charge in [0.15, 0.2) is 0 Å². The molecule has 0 amide bonds. The number of ether oxygens (including phenoxy) is 1. The zero-order valence-corrected chi connectivity index (χ0v) is 12.1. The molecule has 1 N–H and O–H groups in total. The van der Waals surface area contributed by atoms with Crippen molar-refractivity contribution in [2.45, 2.75) is 32.6 Å². The molecule has 1 aromatic rings. The van der Waals surface area contributed by atoms with Crippen molar-refractivity contribution in [1.29, 1.82) is 0 Å². The van der Waals surface area contributed by atoms with Crippen LogP contribution < -0.4 is 10.1 Å². The van der Waals surface area contributed by atoms with Crippen LogP contribution in [0.3, 0.4) is 0 Å². The van der Waals surface area contributed by atoms with Crippen LogP contribution in [0.1, 0.15) is 31.9 Å². The van der Waals surface area contributed by atoms with Crippen molar-refractivity contribution in [3.63, 3.8) is 0 Å². The van der Waals surface area contributed by atoms with Gasteiger partial charge in [0.2, 0.25) is 0 Å². The van der Waals surface area contributed by atoms with E-state index in [4.69, 9.17) is 4.74 Å². The number of aromatic nitrogens is 2. The van der Waals surface area contributed by atoms with E-state index in [1.165, 1.54) is 4.68 Å². The van der Waals surface area contributed by atoms with Crippen LogP contribution in [-0.2, 0) is 13.5 Å². The van der Waals surface area contributed by atoms with Gasteiger partial charge in [-0.15, -0.1) is 0 Å². The maximum atomic E-state index is 11.2. The van der Waals surface area contributed by atoms with E-state index in [0.29, 0.717) is 24.6 Å². The lowest BCUT2D eigenvalue weighted by molar-refractivity contribution is -0.386.